The van der Waals surface area contributed by atoms with Gasteiger partial charge in [-0.15, -0.1) is 0 Å². The minimum Gasteiger partial charge on any atom is -0.490 e. The fourth-order valence-corrected chi connectivity index (χ4v) is 3.09. The molecule has 0 aliphatic rings. The standard InChI is InChI=1S/C17H26Br2O2/c1-3-5-6-7-8-9-10-21-17-15(19)11-14(13-18)12-16(17)20-4-2/h11-12H,3-10,13H2,1-2H3. The SMILES string of the molecule is CCCCCCCCOc1c(Br)cc(CBr)cc1OCC. The van der Waals surface area contributed by atoms with Crippen molar-refractivity contribution < 1.29 is 9.47 Å². The number of unbranched alkanes of at least 4 members (excludes halogenated alkanes) is 5. The summed E-state index contributed by atoms with van der Waals surface area (Å²) in [7, 11) is 0. The molecule has 0 fully saturated rings. The summed E-state index contributed by atoms with van der Waals surface area (Å²) in [6, 6.07) is 4.12. The van der Waals surface area contributed by atoms with E-state index in [2.05, 4.69) is 44.8 Å². The number of benzene rings is 1. The lowest BCUT2D eigenvalue weighted by Gasteiger charge is -2.15. The van der Waals surface area contributed by atoms with Gasteiger partial charge in [0.05, 0.1) is 17.7 Å². The van der Waals surface area contributed by atoms with Gasteiger partial charge < -0.3 is 9.47 Å². The van der Waals surface area contributed by atoms with E-state index in [1.165, 1.54) is 37.7 Å². The highest BCUT2D eigenvalue weighted by Gasteiger charge is 2.11. The van der Waals surface area contributed by atoms with Crippen molar-refractivity contribution in [1.29, 1.82) is 0 Å². The monoisotopic (exact) mass is 420 g/mol. The predicted octanol–water partition coefficient (Wildman–Crippen LogP) is 6.48. The molecule has 0 radical (unpaired) electrons. The highest BCUT2D eigenvalue weighted by atomic mass is 79.9. The van der Waals surface area contributed by atoms with Gasteiger partial charge in [0, 0.05) is 5.33 Å². The first-order valence-electron chi connectivity index (χ1n) is 7.86. The zero-order valence-electron chi connectivity index (χ0n) is 13.1. The quantitative estimate of drug-likeness (QED) is 0.300. The molecule has 0 aromatic heterocycles. The van der Waals surface area contributed by atoms with E-state index in [9.17, 15) is 0 Å². The zero-order valence-corrected chi connectivity index (χ0v) is 16.3. The molecule has 0 aliphatic heterocycles. The maximum atomic E-state index is 5.94. The van der Waals surface area contributed by atoms with E-state index in [0.717, 1.165) is 34.3 Å². The Bertz CT molecular complexity index is 408. The fraction of sp³-hybridized carbons (Fsp3) is 0.647. The largest absolute Gasteiger partial charge is 0.490 e. The summed E-state index contributed by atoms with van der Waals surface area (Å²) in [6.45, 7) is 5.63. The number of rotatable bonds is 11. The molecule has 0 bridgehead atoms. The van der Waals surface area contributed by atoms with Crippen molar-refractivity contribution in [3.63, 3.8) is 0 Å². The number of halogens is 2. The molecule has 0 N–H and O–H groups in total. The molecule has 1 rings (SSSR count). The Kier molecular flexibility index (Phi) is 10.2. The minimum atomic E-state index is 0.644. The van der Waals surface area contributed by atoms with E-state index >= 15 is 0 Å². The first kappa shape index (κ1) is 18.8. The smallest absolute Gasteiger partial charge is 0.175 e. The van der Waals surface area contributed by atoms with Gasteiger partial charge in [-0.2, -0.15) is 0 Å². The second-order valence-corrected chi connectivity index (χ2v) is 6.50. The predicted molar refractivity (Wildman–Crippen MR) is 96.8 cm³/mol. The maximum Gasteiger partial charge on any atom is 0.175 e. The average molecular weight is 422 g/mol. The normalized spacial score (nSPS) is 10.7. The molecule has 0 saturated heterocycles. The van der Waals surface area contributed by atoms with Crippen LogP contribution in [0.1, 0.15) is 57.9 Å². The lowest BCUT2D eigenvalue weighted by molar-refractivity contribution is 0.268. The first-order valence-corrected chi connectivity index (χ1v) is 9.78. The molecule has 2 nitrogen and oxygen atoms in total. The summed E-state index contributed by atoms with van der Waals surface area (Å²) in [6.07, 6.45) is 7.61. The summed E-state index contributed by atoms with van der Waals surface area (Å²) in [5.41, 5.74) is 1.18. The van der Waals surface area contributed by atoms with Crippen LogP contribution < -0.4 is 9.47 Å². The van der Waals surface area contributed by atoms with Gasteiger partial charge in [0.1, 0.15) is 0 Å². The number of ether oxygens (including phenoxy) is 2. The Balaban J connectivity index is 2.49. The average Bonchev–Trinajstić information content (AvgIpc) is 2.48. The summed E-state index contributed by atoms with van der Waals surface area (Å²) in [4.78, 5) is 0. The Morgan fingerprint density at radius 2 is 1.67 bits per heavy atom. The molecular formula is C17H26Br2O2. The summed E-state index contributed by atoms with van der Waals surface area (Å²) in [5, 5.41) is 0.809. The molecule has 4 heteroatoms. The molecule has 0 aliphatic carbocycles. The van der Waals surface area contributed by atoms with Crippen LogP contribution in [0.2, 0.25) is 0 Å². The van der Waals surface area contributed by atoms with Crippen LogP contribution in [-0.2, 0) is 5.33 Å². The van der Waals surface area contributed by atoms with Gasteiger partial charge in [-0.3, -0.25) is 0 Å². The van der Waals surface area contributed by atoms with Crippen LogP contribution in [0.5, 0.6) is 11.5 Å². The van der Waals surface area contributed by atoms with Gasteiger partial charge in [0.25, 0.3) is 0 Å². The van der Waals surface area contributed by atoms with Crippen molar-refractivity contribution in [2.45, 2.75) is 57.7 Å². The van der Waals surface area contributed by atoms with Gasteiger partial charge in [-0.1, -0.05) is 55.0 Å². The van der Waals surface area contributed by atoms with E-state index in [1.807, 2.05) is 13.0 Å². The van der Waals surface area contributed by atoms with Crippen LogP contribution in [0, 0.1) is 0 Å². The lowest BCUT2D eigenvalue weighted by atomic mass is 10.1. The van der Waals surface area contributed by atoms with Crippen molar-refractivity contribution >= 4 is 31.9 Å². The molecule has 0 saturated carbocycles. The second kappa shape index (κ2) is 11.4. The van der Waals surface area contributed by atoms with E-state index in [0.29, 0.717) is 6.61 Å². The van der Waals surface area contributed by atoms with Crippen molar-refractivity contribution in [3.8, 4) is 11.5 Å². The van der Waals surface area contributed by atoms with Crippen LogP contribution >= 0.6 is 31.9 Å². The molecule has 1 aromatic rings. The topological polar surface area (TPSA) is 18.5 Å². The van der Waals surface area contributed by atoms with Crippen molar-refractivity contribution in [2.75, 3.05) is 13.2 Å². The maximum absolute atomic E-state index is 5.94. The zero-order chi connectivity index (χ0) is 15.5. The number of alkyl halides is 1. The number of hydrogen-bond donors (Lipinski definition) is 0. The molecule has 0 atom stereocenters. The third-order valence-electron chi connectivity index (χ3n) is 3.27. The molecule has 0 amide bonds. The summed E-state index contributed by atoms with van der Waals surface area (Å²) >= 11 is 7.06. The van der Waals surface area contributed by atoms with Crippen molar-refractivity contribution in [1.82, 2.24) is 0 Å². The Labute approximate surface area is 145 Å². The highest BCUT2D eigenvalue weighted by molar-refractivity contribution is 9.10. The van der Waals surface area contributed by atoms with Crippen LogP contribution in [0.4, 0.5) is 0 Å². The molecule has 1 aromatic carbocycles. The van der Waals surface area contributed by atoms with E-state index in [1.54, 1.807) is 0 Å². The molecule has 0 unspecified atom stereocenters. The van der Waals surface area contributed by atoms with E-state index in [4.69, 9.17) is 9.47 Å². The Morgan fingerprint density at radius 3 is 2.33 bits per heavy atom. The van der Waals surface area contributed by atoms with Crippen LogP contribution in [-0.4, -0.2) is 13.2 Å². The van der Waals surface area contributed by atoms with Crippen LogP contribution in [0.15, 0.2) is 16.6 Å². The van der Waals surface area contributed by atoms with Crippen molar-refractivity contribution in [2.24, 2.45) is 0 Å². The van der Waals surface area contributed by atoms with Crippen molar-refractivity contribution in [3.05, 3.63) is 22.2 Å². The van der Waals surface area contributed by atoms with Gasteiger partial charge >= 0.3 is 0 Å². The third-order valence-corrected chi connectivity index (χ3v) is 4.50. The van der Waals surface area contributed by atoms with E-state index < -0.39 is 0 Å². The molecule has 0 heterocycles. The lowest BCUT2D eigenvalue weighted by Crippen LogP contribution is -2.02. The Hall–Kier alpha value is -0.220. The molecule has 0 spiro atoms. The fourth-order valence-electron chi connectivity index (χ4n) is 2.16. The highest BCUT2D eigenvalue weighted by Crippen LogP contribution is 2.37. The first-order chi connectivity index (χ1) is 10.2. The van der Waals surface area contributed by atoms with Crippen LogP contribution in [0.3, 0.4) is 0 Å². The number of hydrogen-bond acceptors (Lipinski definition) is 2. The molecule has 120 valence electrons. The minimum absolute atomic E-state index is 0.644. The van der Waals surface area contributed by atoms with Gasteiger partial charge in [0.15, 0.2) is 11.5 Å². The summed E-state index contributed by atoms with van der Waals surface area (Å²) < 4.78 is 12.6. The summed E-state index contributed by atoms with van der Waals surface area (Å²) in [5.74, 6) is 1.66. The Morgan fingerprint density at radius 1 is 0.952 bits per heavy atom. The molecular weight excluding hydrogens is 396 g/mol. The van der Waals surface area contributed by atoms with Gasteiger partial charge in [0.2, 0.25) is 0 Å². The van der Waals surface area contributed by atoms with E-state index in [-0.39, 0.29) is 0 Å². The second-order valence-electron chi connectivity index (χ2n) is 5.09. The van der Waals surface area contributed by atoms with Gasteiger partial charge in [-0.05, 0) is 47.0 Å². The third kappa shape index (κ3) is 7.05. The molecule has 21 heavy (non-hydrogen) atoms. The van der Waals surface area contributed by atoms with Crippen LogP contribution in [0.25, 0.3) is 0 Å². The van der Waals surface area contributed by atoms with Gasteiger partial charge in [-0.25, -0.2) is 0 Å².